The van der Waals surface area contributed by atoms with Gasteiger partial charge in [0, 0.05) is 43.2 Å². The molecule has 2 heterocycles. The summed E-state index contributed by atoms with van der Waals surface area (Å²) in [4.78, 5) is 7.03. The van der Waals surface area contributed by atoms with Crippen LogP contribution in [0.3, 0.4) is 0 Å². The van der Waals surface area contributed by atoms with E-state index in [1.165, 1.54) is 30.3 Å². The number of benzene rings is 1. The van der Waals surface area contributed by atoms with Crippen molar-refractivity contribution in [3.8, 4) is 0 Å². The molecular formula is C20H28N4O. The van der Waals surface area contributed by atoms with Crippen molar-refractivity contribution in [2.75, 3.05) is 20.1 Å². The van der Waals surface area contributed by atoms with Gasteiger partial charge in [-0.15, -0.1) is 0 Å². The van der Waals surface area contributed by atoms with E-state index >= 15 is 0 Å². The first-order valence-corrected chi connectivity index (χ1v) is 9.34. The largest absolute Gasteiger partial charge is 0.459 e. The van der Waals surface area contributed by atoms with Crippen LogP contribution in [0.2, 0.25) is 0 Å². The molecule has 2 N–H and O–H groups in total. The standard InChI is InChI=1S/C20H28N4O/c1-13-11-24(15-8-9-15)12-17(13)23-20(21-3)22-10-19-14(2)16-6-4-5-7-18(16)25-19/h4-7,13,15,17H,8-12H2,1-3H3,(H2,21,22,23). The Labute approximate surface area is 149 Å². The van der Waals surface area contributed by atoms with E-state index in [2.05, 4.69) is 46.5 Å². The lowest BCUT2D eigenvalue weighted by Gasteiger charge is -2.20. The van der Waals surface area contributed by atoms with Gasteiger partial charge in [0.2, 0.25) is 0 Å². The third kappa shape index (κ3) is 3.38. The summed E-state index contributed by atoms with van der Waals surface area (Å²) in [6.45, 7) is 7.41. The molecule has 2 aliphatic rings. The minimum atomic E-state index is 0.462. The van der Waals surface area contributed by atoms with Crippen molar-refractivity contribution in [1.29, 1.82) is 0 Å². The number of aryl methyl sites for hydroxylation is 1. The molecule has 0 radical (unpaired) electrons. The number of hydrogen-bond donors (Lipinski definition) is 2. The zero-order valence-corrected chi connectivity index (χ0v) is 15.4. The quantitative estimate of drug-likeness (QED) is 0.664. The van der Waals surface area contributed by atoms with Crippen LogP contribution in [0.1, 0.15) is 31.1 Å². The van der Waals surface area contributed by atoms with Crippen LogP contribution in [-0.2, 0) is 6.54 Å². The van der Waals surface area contributed by atoms with Crippen molar-refractivity contribution < 1.29 is 4.42 Å². The predicted octanol–water partition coefficient (Wildman–Crippen LogP) is 2.89. The first-order chi connectivity index (χ1) is 12.2. The molecular weight excluding hydrogens is 312 g/mol. The number of hydrogen-bond acceptors (Lipinski definition) is 3. The fraction of sp³-hybridized carbons (Fsp3) is 0.550. The van der Waals surface area contributed by atoms with Crippen molar-refractivity contribution in [3.63, 3.8) is 0 Å². The van der Waals surface area contributed by atoms with Gasteiger partial charge < -0.3 is 15.1 Å². The summed E-state index contributed by atoms with van der Waals surface area (Å²) in [6.07, 6.45) is 2.75. The molecule has 1 aromatic carbocycles. The maximum Gasteiger partial charge on any atom is 0.191 e. The Morgan fingerprint density at radius 2 is 2.08 bits per heavy atom. The molecule has 0 bridgehead atoms. The van der Waals surface area contributed by atoms with Gasteiger partial charge in [0.1, 0.15) is 11.3 Å². The topological polar surface area (TPSA) is 52.8 Å². The van der Waals surface area contributed by atoms with Gasteiger partial charge in [0.15, 0.2) is 5.96 Å². The normalized spacial score (nSPS) is 24.8. The molecule has 1 aliphatic heterocycles. The lowest BCUT2D eigenvalue weighted by Crippen LogP contribution is -2.46. The summed E-state index contributed by atoms with van der Waals surface area (Å²) in [7, 11) is 1.83. The predicted molar refractivity (Wildman–Crippen MR) is 102 cm³/mol. The number of fused-ring (bicyclic) bond motifs is 1. The minimum absolute atomic E-state index is 0.462. The van der Waals surface area contributed by atoms with Crippen molar-refractivity contribution >= 4 is 16.9 Å². The second-order valence-corrected chi connectivity index (χ2v) is 7.49. The Morgan fingerprint density at radius 1 is 1.28 bits per heavy atom. The Morgan fingerprint density at radius 3 is 2.80 bits per heavy atom. The number of aliphatic imine (C=N–C) groups is 1. The smallest absolute Gasteiger partial charge is 0.191 e. The van der Waals surface area contributed by atoms with E-state index in [1.54, 1.807) is 0 Å². The number of furan rings is 1. The molecule has 1 aromatic heterocycles. The summed E-state index contributed by atoms with van der Waals surface area (Å²) in [5.41, 5.74) is 2.15. The molecule has 25 heavy (non-hydrogen) atoms. The van der Waals surface area contributed by atoms with Crippen LogP contribution < -0.4 is 10.6 Å². The summed E-state index contributed by atoms with van der Waals surface area (Å²) in [6, 6.07) is 9.49. The van der Waals surface area contributed by atoms with Crippen LogP contribution >= 0.6 is 0 Å². The van der Waals surface area contributed by atoms with Gasteiger partial charge >= 0.3 is 0 Å². The molecule has 4 rings (SSSR count). The van der Waals surface area contributed by atoms with Crippen LogP contribution in [0.4, 0.5) is 0 Å². The van der Waals surface area contributed by atoms with Crippen LogP contribution in [-0.4, -0.2) is 43.1 Å². The average Bonchev–Trinajstić information content (AvgIpc) is 3.34. The zero-order chi connectivity index (χ0) is 17.4. The molecule has 0 amide bonds. The Balaban J connectivity index is 1.38. The second-order valence-electron chi connectivity index (χ2n) is 7.49. The molecule has 1 aliphatic carbocycles. The Bertz CT molecular complexity index is 777. The molecule has 5 heteroatoms. The molecule has 2 unspecified atom stereocenters. The van der Waals surface area contributed by atoms with Gasteiger partial charge in [-0.3, -0.25) is 9.89 Å². The van der Waals surface area contributed by atoms with Gasteiger partial charge in [-0.1, -0.05) is 25.1 Å². The van der Waals surface area contributed by atoms with Crippen LogP contribution in [0.15, 0.2) is 33.7 Å². The molecule has 2 atom stereocenters. The second kappa shape index (κ2) is 6.71. The number of guanidine groups is 1. The molecule has 1 saturated carbocycles. The Hall–Kier alpha value is -2.01. The number of nitrogens with zero attached hydrogens (tertiary/aromatic N) is 2. The van der Waals surface area contributed by atoms with Gasteiger partial charge in [0.25, 0.3) is 0 Å². The monoisotopic (exact) mass is 340 g/mol. The maximum absolute atomic E-state index is 5.99. The summed E-state index contributed by atoms with van der Waals surface area (Å²) in [5.74, 6) is 2.48. The number of para-hydroxylation sites is 1. The highest BCUT2D eigenvalue weighted by Crippen LogP contribution is 2.31. The lowest BCUT2D eigenvalue weighted by molar-refractivity contribution is 0.315. The average molecular weight is 340 g/mol. The fourth-order valence-corrected chi connectivity index (χ4v) is 3.86. The molecule has 1 saturated heterocycles. The van der Waals surface area contributed by atoms with Gasteiger partial charge in [-0.2, -0.15) is 0 Å². The van der Waals surface area contributed by atoms with E-state index in [4.69, 9.17) is 4.42 Å². The van der Waals surface area contributed by atoms with E-state index in [1.807, 2.05) is 19.2 Å². The molecule has 0 spiro atoms. The van der Waals surface area contributed by atoms with Crippen molar-refractivity contribution in [2.45, 2.75) is 45.3 Å². The highest BCUT2D eigenvalue weighted by Gasteiger charge is 2.38. The minimum Gasteiger partial charge on any atom is -0.459 e. The van der Waals surface area contributed by atoms with Crippen molar-refractivity contribution in [3.05, 3.63) is 35.6 Å². The van der Waals surface area contributed by atoms with Crippen molar-refractivity contribution in [2.24, 2.45) is 10.9 Å². The van der Waals surface area contributed by atoms with Crippen LogP contribution in [0, 0.1) is 12.8 Å². The van der Waals surface area contributed by atoms with Crippen LogP contribution in [0.5, 0.6) is 0 Å². The van der Waals surface area contributed by atoms with Gasteiger partial charge in [-0.25, -0.2) is 0 Å². The van der Waals surface area contributed by atoms with E-state index in [-0.39, 0.29) is 0 Å². The first kappa shape index (κ1) is 16.5. The van der Waals surface area contributed by atoms with E-state index < -0.39 is 0 Å². The highest BCUT2D eigenvalue weighted by molar-refractivity contribution is 5.83. The van der Waals surface area contributed by atoms with Gasteiger partial charge in [0.05, 0.1) is 6.54 Å². The first-order valence-electron chi connectivity index (χ1n) is 9.34. The summed E-state index contributed by atoms with van der Waals surface area (Å²) >= 11 is 0. The lowest BCUT2D eigenvalue weighted by atomic mass is 10.1. The fourth-order valence-electron chi connectivity index (χ4n) is 3.86. The highest BCUT2D eigenvalue weighted by atomic mass is 16.3. The maximum atomic E-state index is 5.99. The number of likely N-dealkylation sites (tertiary alicyclic amines) is 1. The van der Waals surface area contributed by atoms with Crippen molar-refractivity contribution in [1.82, 2.24) is 15.5 Å². The molecule has 134 valence electrons. The zero-order valence-electron chi connectivity index (χ0n) is 15.4. The third-order valence-corrected chi connectivity index (χ3v) is 5.61. The number of nitrogens with one attached hydrogen (secondary N) is 2. The van der Waals surface area contributed by atoms with Crippen LogP contribution in [0.25, 0.3) is 11.0 Å². The molecule has 5 nitrogen and oxygen atoms in total. The van der Waals surface area contributed by atoms with E-state index in [9.17, 15) is 0 Å². The van der Waals surface area contributed by atoms with E-state index in [0.717, 1.165) is 29.9 Å². The molecule has 2 aromatic rings. The SMILES string of the molecule is CN=C(NCc1oc2ccccc2c1C)NC1CN(C2CC2)CC1C. The Kier molecular flexibility index (Phi) is 4.42. The summed E-state index contributed by atoms with van der Waals surface area (Å²) < 4.78 is 5.99. The number of rotatable bonds is 4. The third-order valence-electron chi connectivity index (χ3n) is 5.61. The van der Waals surface area contributed by atoms with E-state index in [0.29, 0.717) is 18.5 Å². The molecule has 2 fully saturated rings. The summed E-state index contributed by atoms with van der Waals surface area (Å²) in [5, 5.41) is 8.22. The van der Waals surface area contributed by atoms with Gasteiger partial charge in [-0.05, 0) is 31.7 Å².